The van der Waals surface area contributed by atoms with E-state index < -0.39 is 0 Å². The molecule has 0 radical (unpaired) electrons. The molecule has 1 atom stereocenters. The van der Waals surface area contributed by atoms with E-state index in [9.17, 15) is 10.2 Å². The molecular formula is C18H21NO2S. The van der Waals surface area contributed by atoms with Crippen molar-refractivity contribution in [2.75, 3.05) is 26.4 Å². The van der Waals surface area contributed by atoms with Crippen LogP contribution in [0.25, 0.3) is 0 Å². The number of thioether (sulfide) groups is 1. The number of nitrogens with zero attached hydrogens (tertiary/aromatic N) is 1. The first-order valence-electron chi connectivity index (χ1n) is 7.47. The molecule has 0 aromatic heterocycles. The lowest BCUT2D eigenvalue weighted by Gasteiger charge is -2.23. The van der Waals surface area contributed by atoms with Crippen LogP contribution in [0.5, 0.6) is 11.5 Å². The predicted octanol–water partition coefficient (Wildman–Crippen LogP) is 3.44. The Morgan fingerprint density at radius 2 is 1.91 bits per heavy atom. The molecule has 2 aromatic carbocycles. The third-order valence-corrected chi connectivity index (χ3v) is 5.24. The Morgan fingerprint density at radius 3 is 2.59 bits per heavy atom. The second-order valence-corrected chi connectivity index (χ2v) is 6.64. The molecular weight excluding hydrogens is 294 g/mol. The summed E-state index contributed by atoms with van der Waals surface area (Å²) in [5.41, 5.74) is 3.55. The van der Waals surface area contributed by atoms with Crippen LogP contribution in [0.3, 0.4) is 0 Å². The summed E-state index contributed by atoms with van der Waals surface area (Å²) in [5.74, 6) is 0.206. The maximum Gasteiger partial charge on any atom is 0.171 e. The van der Waals surface area contributed by atoms with Gasteiger partial charge in [-0.1, -0.05) is 30.3 Å². The van der Waals surface area contributed by atoms with Crippen molar-refractivity contribution >= 4 is 11.8 Å². The van der Waals surface area contributed by atoms with Crippen LogP contribution in [-0.2, 0) is 6.42 Å². The van der Waals surface area contributed by atoms with Gasteiger partial charge in [-0.15, -0.1) is 11.8 Å². The maximum atomic E-state index is 10.2. The minimum Gasteiger partial charge on any atom is -0.504 e. The Kier molecular flexibility index (Phi) is 4.32. The summed E-state index contributed by atoms with van der Waals surface area (Å²) in [6.45, 7) is 1.86. The first-order chi connectivity index (χ1) is 10.6. The van der Waals surface area contributed by atoms with Crippen LogP contribution in [0.15, 0.2) is 41.3 Å². The Bertz CT molecular complexity index is 673. The highest BCUT2D eigenvalue weighted by Crippen LogP contribution is 2.44. The van der Waals surface area contributed by atoms with Crippen molar-refractivity contribution in [3.05, 3.63) is 53.1 Å². The number of phenolic OH excluding ortho intramolecular Hbond substituents is 2. The van der Waals surface area contributed by atoms with E-state index in [0.29, 0.717) is 0 Å². The number of benzene rings is 2. The number of likely N-dealkylation sites (N-methyl/N-ethyl adjacent to an activating group) is 1. The molecule has 1 aliphatic heterocycles. The van der Waals surface area contributed by atoms with Gasteiger partial charge >= 0.3 is 0 Å². The molecule has 0 amide bonds. The molecule has 4 heteroatoms. The van der Waals surface area contributed by atoms with Gasteiger partial charge in [-0.3, -0.25) is 0 Å². The number of phenols is 2. The summed E-state index contributed by atoms with van der Waals surface area (Å²) in [5, 5.41) is 20.3. The fraction of sp³-hybridized carbons (Fsp3) is 0.333. The van der Waals surface area contributed by atoms with Gasteiger partial charge in [-0.25, -0.2) is 0 Å². The van der Waals surface area contributed by atoms with E-state index in [1.54, 1.807) is 6.07 Å². The summed E-state index contributed by atoms with van der Waals surface area (Å²) >= 11 is 1.50. The summed E-state index contributed by atoms with van der Waals surface area (Å²) in [4.78, 5) is 3.13. The topological polar surface area (TPSA) is 43.7 Å². The number of rotatable bonds is 2. The van der Waals surface area contributed by atoms with Crippen molar-refractivity contribution in [1.29, 1.82) is 0 Å². The van der Waals surface area contributed by atoms with E-state index in [4.69, 9.17) is 0 Å². The smallest absolute Gasteiger partial charge is 0.171 e. The number of aromatic hydroxyl groups is 2. The Labute approximate surface area is 135 Å². The van der Waals surface area contributed by atoms with Crippen molar-refractivity contribution in [1.82, 2.24) is 4.90 Å². The van der Waals surface area contributed by atoms with E-state index in [1.807, 2.05) is 12.3 Å². The van der Waals surface area contributed by atoms with Crippen LogP contribution in [0.1, 0.15) is 22.6 Å². The van der Waals surface area contributed by atoms with Crippen LogP contribution in [0.4, 0.5) is 0 Å². The van der Waals surface area contributed by atoms with Gasteiger partial charge < -0.3 is 15.1 Å². The second kappa shape index (κ2) is 6.23. The molecule has 0 saturated carbocycles. The molecule has 22 heavy (non-hydrogen) atoms. The molecule has 2 aromatic rings. The molecule has 3 nitrogen and oxygen atoms in total. The second-order valence-electron chi connectivity index (χ2n) is 5.82. The van der Waals surface area contributed by atoms with Crippen molar-refractivity contribution in [2.45, 2.75) is 17.2 Å². The van der Waals surface area contributed by atoms with E-state index >= 15 is 0 Å². The molecule has 1 unspecified atom stereocenters. The highest BCUT2D eigenvalue weighted by molar-refractivity contribution is 7.98. The SMILES string of the molecule is CSc1c(O)c(O)cc2c1CCN(C)CC2c1ccccc1. The molecule has 0 aliphatic carbocycles. The molecule has 3 rings (SSSR count). The van der Waals surface area contributed by atoms with Gasteiger partial charge in [0, 0.05) is 19.0 Å². The lowest BCUT2D eigenvalue weighted by Crippen LogP contribution is -2.24. The van der Waals surface area contributed by atoms with Crippen molar-refractivity contribution in [2.24, 2.45) is 0 Å². The molecule has 2 N–H and O–H groups in total. The Hall–Kier alpha value is -1.65. The predicted molar refractivity (Wildman–Crippen MR) is 91.0 cm³/mol. The Morgan fingerprint density at radius 1 is 1.18 bits per heavy atom. The average Bonchev–Trinajstić information content (AvgIpc) is 2.69. The molecule has 0 fully saturated rings. The van der Waals surface area contributed by atoms with Crippen molar-refractivity contribution < 1.29 is 10.2 Å². The highest BCUT2D eigenvalue weighted by atomic mass is 32.2. The first kappa shape index (κ1) is 15.3. The maximum absolute atomic E-state index is 10.2. The van der Waals surface area contributed by atoms with Crippen LogP contribution in [-0.4, -0.2) is 41.5 Å². The normalized spacial score (nSPS) is 18.7. The van der Waals surface area contributed by atoms with Gasteiger partial charge in [0.15, 0.2) is 11.5 Å². The van der Waals surface area contributed by atoms with Gasteiger partial charge in [-0.05, 0) is 42.5 Å². The summed E-state index contributed by atoms with van der Waals surface area (Å²) in [6, 6.07) is 12.1. The number of hydrogen-bond donors (Lipinski definition) is 2. The van der Waals surface area contributed by atoms with Crippen LogP contribution >= 0.6 is 11.8 Å². The highest BCUT2D eigenvalue weighted by Gasteiger charge is 2.27. The summed E-state index contributed by atoms with van der Waals surface area (Å²) in [6.07, 6.45) is 2.83. The molecule has 1 heterocycles. The van der Waals surface area contributed by atoms with E-state index in [0.717, 1.165) is 30.0 Å². The summed E-state index contributed by atoms with van der Waals surface area (Å²) < 4.78 is 0. The molecule has 1 aliphatic rings. The lowest BCUT2D eigenvalue weighted by molar-refractivity contribution is 0.337. The van der Waals surface area contributed by atoms with E-state index in [-0.39, 0.29) is 17.4 Å². The third-order valence-electron chi connectivity index (χ3n) is 4.39. The molecule has 0 saturated heterocycles. The quantitative estimate of drug-likeness (QED) is 0.658. The minimum atomic E-state index is -0.0198. The minimum absolute atomic E-state index is 0.0163. The third kappa shape index (κ3) is 2.69. The van der Waals surface area contributed by atoms with Gasteiger partial charge in [0.1, 0.15) is 0 Å². The first-order valence-corrected chi connectivity index (χ1v) is 8.69. The van der Waals surface area contributed by atoms with Crippen molar-refractivity contribution in [3.63, 3.8) is 0 Å². The zero-order valence-electron chi connectivity index (χ0n) is 12.9. The van der Waals surface area contributed by atoms with Gasteiger partial charge in [0.05, 0.1) is 4.90 Å². The van der Waals surface area contributed by atoms with Gasteiger partial charge in [-0.2, -0.15) is 0 Å². The zero-order valence-corrected chi connectivity index (χ0v) is 13.7. The molecule has 0 spiro atoms. The number of fused-ring (bicyclic) bond motifs is 1. The van der Waals surface area contributed by atoms with Crippen LogP contribution < -0.4 is 0 Å². The van der Waals surface area contributed by atoms with Crippen LogP contribution in [0.2, 0.25) is 0 Å². The van der Waals surface area contributed by atoms with Gasteiger partial charge in [0.25, 0.3) is 0 Å². The van der Waals surface area contributed by atoms with Crippen molar-refractivity contribution in [3.8, 4) is 11.5 Å². The largest absolute Gasteiger partial charge is 0.504 e. The zero-order chi connectivity index (χ0) is 15.7. The average molecular weight is 315 g/mol. The molecule has 0 bridgehead atoms. The molecule has 116 valence electrons. The van der Waals surface area contributed by atoms with E-state index in [2.05, 4.69) is 36.2 Å². The standard InChI is InChI=1S/C18H21NO2S/c1-19-9-8-13-14(10-16(20)17(21)18(13)22-2)15(11-19)12-6-4-3-5-7-12/h3-7,10,15,20-21H,8-9,11H2,1-2H3. The number of hydrogen-bond acceptors (Lipinski definition) is 4. The monoisotopic (exact) mass is 315 g/mol. The summed E-state index contributed by atoms with van der Waals surface area (Å²) in [7, 11) is 2.13. The fourth-order valence-corrected chi connectivity index (χ4v) is 4.02. The van der Waals surface area contributed by atoms with E-state index in [1.165, 1.54) is 22.9 Å². The lowest BCUT2D eigenvalue weighted by atomic mass is 9.87. The van der Waals surface area contributed by atoms with Gasteiger partial charge in [0.2, 0.25) is 0 Å². The van der Waals surface area contributed by atoms with Crippen LogP contribution in [0, 0.1) is 0 Å². The Balaban J connectivity index is 2.20. The fourth-order valence-electron chi connectivity index (χ4n) is 3.26.